The van der Waals surface area contributed by atoms with Crippen molar-refractivity contribution in [2.75, 3.05) is 18.0 Å². The number of anilines is 1. The summed E-state index contributed by atoms with van der Waals surface area (Å²) < 4.78 is 0. The van der Waals surface area contributed by atoms with Gasteiger partial charge in [-0.1, -0.05) is 13.8 Å². The van der Waals surface area contributed by atoms with Crippen molar-refractivity contribution >= 4 is 11.9 Å². The van der Waals surface area contributed by atoms with Gasteiger partial charge in [-0.3, -0.25) is 0 Å². The number of carboxylic acid groups (broad SMARTS) is 1. The summed E-state index contributed by atoms with van der Waals surface area (Å²) in [5, 5.41) is 8.91. The SMILES string of the molecule is CC(C)C1CCN(c2nccc(C(=O)O)n2)CC1. The molecule has 0 aliphatic carbocycles. The normalized spacial score (nSPS) is 17.2. The van der Waals surface area contributed by atoms with Crippen LogP contribution in [0.3, 0.4) is 0 Å². The molecule has 5 nitrogen and oxygen atoms in total. The number of piperidine rings is 1. The third kappa shape index (κ3) is 2.78. The van der Waals surface area contributed by atoms with E-state index in [0.29, 0.717) is 11.9 Å². The molecular weight excluding hydrogens is 230 g/mol. The number of nitrogens with zero attached hydrogens (tertiary/aromatic N) is 3. The third-order valence-electron chi connectivity index (χ3n) is 3.63. The summed E-state index contributed by atoms with van der Waals surface area (Å²) in [7, 11) is 0. The zero-order valence-corrected chi connectivity index (χ0v) is 10.8. The lowest BCUT2D eigenvalue weighted by molar-refractivity contribution is 0.0690. The minimum atomic E-state index is -1.00. The van der Waals surface area contributed by atoms with Gasteiger partial charge in [0.1, 0.15) is 0 Å². The summed E-state index contributed by atoms with van der Waals surface area (Å²) in [6.45, 7) is 6.32. The van der Waals surface area contributed by atoms with Crippen LogP contribution in [0.25, 0.3) is 0 Å². The van der Waals surface area contributed by atoms with Crippen molar-refractivity contribution in [2.45, 2.75) is 26.7 Å². The monoisotopic (exact) mass is 249 g/mol. The molecule has 1 saturated heterocycles. The van der Waals surface area contributed by atoms with Crippen molar-refractivity contribution in [3.63, 3.8) is 0 Å². The summed E-state index contributed by atoms with van der Waals surface area (Å²) >= 11 is 0. The Bertz CT molecular complexity index is 426. The van der Waals surface area contributed by atoms with Crippen molar-refractivity contribution in [3.05, 3.63) is 18.0 Å². The van der Waals surface area contributed by atoms with Gasteiger partial charge in [0.05, 0.1) is 0 Å². The van der Waals surface area contributed by atoms with Crippen molar-refractivity contribution in [1.82, 2.24) is 9.97 Å². The average molecular weight is 249 g/mol. The number of aromatic nitrogens is 2. The number of hydrogen-bond acceptors (Lipinski definition) is 4. The maximum absolute atomic E-state index is 10.9. The first-order chi connectivity index (χ1) is 8.58. The first kappa shape index (κ1) is 12.8. The Morgan fingerprint density at radius 3 is 2.67 bits per heavy atom. The van der Waals surface area contributed by atoms with Crippen LogP contribution in [-0.4, -0.2) is 34.1 Å². The summed E-state index contributed by atoms with van der Waals surface area (Å²) in [5.41, 5.74) is 0.0611. The predicted molar refractivity (Wildman–Crippen MR) is 68.8 cm³/mol. The van der Waals surface area contributed by atoms with Gasteiger partial charge in [0.15, 0.2) is 5.69 Å². The van der Waals surface area contributed by atoms with Crippen molar-refractivity contribution in [1.29, 1.82) is 0 Å². The van der Waals surface area contributed by atoms with Crippen LogP contribution in [0.15, 0.2) is 12.3 Å². The van der Waals surface area contributed by atoms with E-state index in [4.69, 9.17) is 5.11 Å². The second-order valence-electron chi connectivity index (χ2n) is 5.12. The number of rotatable bonds is 3. The van der Waals surface area contributed by atoms with Crippen LogP contribution in [0.1, 0.15) is 37.2 Å². The van der Waals surface area contributed by atoms with E-state index in [0.717, 1.165) is 31.8 Å². The Kier molecular flexibility index (Phi) is 3.79. The van der Waals surface area contributed by atoms with Gasteiger partial charge in [0.2, 0.25) is 5.95 Å². The maximum Gasteiger partial charge on any atom is 0.354 e. The van der Waals surface area contributed by atoms with Gasteiger partial charge in [-0.2, -0.15) is 0 Å². The van der Waals surface area contributed by atoms with Crippen LogP contribution in [0.2, 0.25) is 0 Å². The fourth-order valence-electron chi connectivity index (χ4n) is 2.39. The highest BCUT2D eigenvalue weighted by molar-refractivity contribution is 5.85. The summed E-state index contributed by atoms with van der Waals surface area (Å²) in [5.74, 6) is 0.996. The Morgan fingerprint density at radius 1 is 1.44 bits per heavy atom. The Balaban J connectivity index is 2.05. The van der Waals surface area contributed by atoms with Crippen molar-refractivity contribution < 1.29 is 9.90 Å². The molecule has 0 atom stereocenters. The van der Waals surface area contributed by atoms with Crippen LogP contribution in [-0.2, 0) is 0 Å². The summed E-state index contributed by atoms with van der Waals surface area (Å²) in [6.07, 6.45) is 3.76. The largest absolute Gasteiger partial charge is 0.477 e. The van der Waals surface area contributed by atoms with Crippen molar-refractivity contribution in [3.8, 4) is 0 Å². The molecule has 1 aliphatic rings. The van der Waals surface area contributed by atoms with E-state index in [9.17, 15) is 4.79 Å². The van der Waals surface area contributed by atoms with Gasteiger partial charge >= 0.3 is 5.97 Å². The number of hydrogen-bond donors (Lipinski definition) is 1. The highest BCUT2D eigenvalue weighted by Crippen LogP contribution is 2.26. The van der Waals surface area contributed by atoms with E-state index in [1.54, 1.807) is 0 Å². The molecule has 1 aromatic heterocycles. The van der Waals surface area contributed by atoms with Crippen LogP contribution in [0, 0.1) is 11.8 Å². The molecule has 18 heavy (non-hydrogen) atoms. The lowest BCUT2D eigenvalue weighted by Crippen LogP contribution is -2.36. The van der Waals surface area contributed by atoms with Gasteiger partial charge < -0.3 is 10.0 Å². The van der Waals surface area contributed by atoms with Gasteiger partial charge in [0, 0.05) is 19.3 Å². The first-order valence-electron chi connectivity index (χ1n) is 6.39. The molecule has 5 heteroatoms. The van der Waals surface area contributed by atoms with E-state index >= 15 is 0 Å². The van der Waals surface area contributed by atoms with Gasteiger partial charge in [-0.15, -0.1) is 0 Å². The van der Waals surface area contributed by atoms with E-state index < -0.39 is 5.97 Å². The molecule has 0 radical (unpaired) electrons. The lowest BCUT2D eigenvalue weighted by Gasteiger charge is -2.33. The number of aromatic carboxylic acids is 1. The molecule has 0 aromatic carbocycles. The standard InChI is InChI=1S/C13H19N3O2/c1-9(2)10-4-7-16(8-5-10)13-14-6-3-11(15-13)12(17)18/h3,6,9-10H,4-5,7-8H2,1-2H3,(H,17,18). The van der Waals surface area contributed by atoms with Gasteiger partial charge in [0.25, 0.3) is 0 Å². The number of carboxylic acids is 1. The van der Waals surface area contributed by atoms with Crippen LogP contribution >= 0.6 is 0 Å². The molecule has 0 amide bonds. The van der Waals surface area contributed by atoms with Gasteiger partial charge in [-0.25, -0.2) is 14.8 Å². The molecule has 1 aromatic rings. The fraction of sp³-hybridized carbons (Fsp3) is 0.615. The van der Waals surface area contributed by atoms with Gasteiger partial charge in [-0.05, 0) is 30.7 Å². The second-order valence-corrected chi connectivity index (χ2v) is 5.12. The Hall–Kier alpha value is -1.65. The molecule has 0 saturated carbocycles. The molecule has 0 bridgehead atoms. The topological polar surface area (TPSA) is 66.3 Å². The Morgan fingerprint density at radius 2 is 2.11 bits per heavy atom. The van der Waals surface area contributed by atoms with E-state index in [1.165, 1.54) is 12.3 Å². The Labute approximate surface area is 107 Å². The molecule has 0 unspecified atom stereocenters. The first-order valence-corrected chi connectivity index (χ1v) is 6.39. The van der Waals surface area contributed by atoms with E-state index in [2.05, 4.69) is 28.7 Å². The molecule has 98 valence electrons. The van der Waals surface area contributed by atoms with Crippen LogP contribution in [0.4, 0.5) is 5.95 Å². The minimum Gasteiger partial charge on any atom is -0.477 e. The molecule has 2 heterocycles. The summed E-state index contributed by atoms with van der Waals surface area (Å²) in [6, 6.07) is 1.42. The van der Waals surface area contributed by atoms with E-state index in [-0.39, 0.29) is 5.69 Å². The molecular formula is C13H19N3O2. The number of carbonyl (C=O) groups is 1. The third-order valence-corrected chi connectivity index (χ3v) is 3.63. The molecule has 1 N–H and O–H groups in total. The highest BCUT2D eigenvalue weighted by Gasteiger charge is 2.23. The van der Waals surface area contributed by atoms with Crippen molar-refractivity contribution in [2.24, 2.45) is 11.8 Å². The lowest BCUT2D eigenvalue weighted by atomic mass is 9.87. The zero-order valence-electron chi connectivity index (χ0n) is 10.8. The molecule has 2 rings (SSSR count). The maximum atomic E-state index is 10.9. The smallest absolute Gasteiger partial charge is 0.354 e. The van der Waals surface area contributed by atoms with Crippen LogP contribution in [0.5, 0.6) is 0 Å². The average Bonchev–Trinajstić information content (AvgIpc) is 2.39. The van der Waals surface area contributed by atoms with Crippen LogP contribution < -0.4 is 4.90 Å². The second kappa shape index (κ2) is 5.33. The fourth-order valence-corrected chi connectivity index (χ4v) is 2.39. The zero-order chi connectivity index (χ0) is 13.1. The molecule has 1 fully saturated rings. The minimum absolute atomic E-state index is 0.0611. The quantitative estimate of drug-likeness (QED) is 0.888. The summed E-state index contributed by atoms with van der Waals surface area (Å²) in [4.78, 5) is 21.2. The highest BCUT2D eigenvalue weighted by atomic mass is 16.4. The predicted octanol–water partition coefficient (Wildman–Crippen LogP) is 2.05. The van der Waals surface area contributed by atoms with E-state index in [1.807, 2.05) is 0 Å². The molecule has 0 spiro atoms. The molecule has 1 aliphatic heterocycles.